The maximum Gasteiger partial charge on any atom is 0.260 e. The molecular formula is C29H36N2O3. The maximum absolute atomic E-state index is 13.6. The number of aryl methyl sites for hydroxylation is 1. The number of carbonyl (C=O) groups excluding carboxylic acids is 2. The largest absolute Gasteiger partial charge is 0.481 e. The van der Waals surface area contributed by atoms with Gasteiger partial charge in [-0.05, 0) is 80.7 Å². The van der Waals surface area contributed by atoms with E-state index in [0.29, 0.717) is 11.7 Å². The molecule has 2 atom stereocenters. The molecule has 1 aliphatic heterocycles. The van der Waals surface area contributed by atoms with E-state index in [1.54, 1.807) is 6.92 Å². The molecule has 5 rings (SSSR count). The van der Waals surface area contributed by atoms with Gasteiger partial charge >= 0.3 is 0 Å². The Morgan fingerprint density at radius 3 is 2.62 bits per heavy atom. The van der Waals surface area contributed by atoms with Crippen molar-refractivity contribution in [3.05, 3.63) is 64.7 Å². The summed E-state index contributed by atoms with van der Waals surface area (Å²) < 4.78 is 6.08. The lowest BCUT2D eigenvalue weighted by Gasteiger charge is -2.39. The molecule has 0 bridgehead atoms. The normalized spacial score (nSPS) is 21.1. The van der Waals surface area contributed by atoms with Gasteiger partial charge in [-0.15, -0.1) is 0 Å². The van der Waals surface area contributed by atoms with Crippen molar-refractivity contribution in [1.82, 2.24) is 10.2 Å². The first-order valence-corrected chi connectivity index (χ1v) is 12.9. The minimum Gasteiger partial charge on any atom is -0.481 e. The Bertz CT molecular complexity index is 1060. The Labute approximate surface area is 202 Å². The Morgan fingerprint density at radius 2 is 1.88 bits per heavy atom. The highest BCUT2D eigenvalue weighted by Crippen LogP contribution is 2.40. The van der Waals surface area contributed by atoms with Gasteiger partial charge in [0.2, 0.25) is 5.91 Å². The summed E-state index contributed by atoms with van der Waals surface area (Å²) >= 11 is 0. The van der Waals surface area contributed by atoms with Crippen molar-refractivity contribution < 1.29 is 14.3 Å². The molecule has 0 aromatic heterocycles. The van der Waals surface area contributed by atoms with Crippen molar-refractivity contribution in [2.24, 2.45) is 11.8 Å². The molecule has 2 aromatic carbocycles. The Hall–Kier alpha value is -2.82. The predicted molar refractivity (Wildman–Crippen MR) is 133 cm³/mol. The van der Waals surface area contributed by atoms with Crippen molar-refractivity contribution in [1.29, 1.82) is 0 Å². The van der Waals surface area contributed by atoms with Crippen LogP contribution in [0.5, 0.6) is 5.75 Å². The van der Waals surface area contributed by atoms with Crippen LogP contribution in [0.1, 0.15) is 73.7 Å². The molecule has 2 aromatic rings. The molecule has 34 heavy (non-hydrogen) atoms. The van der Waals surface area contributed by atoms with Crippen LogP contribution in [-0.4, -0.2) is 35.9 Å². The van der Waals surface area contributed by atoms with Crippen LogP contribution in [0.25, 0.3) is 0 Å². The summed E-state index contributed by atoms with van der Waals surface area (Å²) in [4.78, 5) is 28.2. The van der Waals surface area contributed by atoms with Crippen molar-refractivity contribution in [2.45, 2.75) is 70.9 Å². The lowest BCUT2D eigenvalue weighted by molar-refractivity contribution is -0.137. The lowest BCUT2D eigenvalue weighted by atomic mass is 9.86. The molecule has 0 spiro atoms. The molecule has 5 nitrogen and oxygen atoms in total. The summed E-state index contributed by atoms with van der Waals surface area (Å²) in [7, 11) is 0. The monoisotopic (exact) mass is 460 g/mol. The van der Waals surface area contributed by atoms with Gasteiger partial charge in [-0.3, -0.25) is 9.59 Å². The molecule has 3 aliphatic rings. The van der Waals surface area contributed by atoms with Gasteiger partial charge < -0.3 is 15.0 Å². The molecule has 0 radical (unpaired) electrons. The molecule has 2 saturated carbocycles. The fourth-order valence-electron chi connectivity index (χ4n) is 5.48. The van der Waals surface area contributed by atoms with Crippen LogP contribution >= 0.6 is 0 Å². The van der Waals surface area contributed by atoms with E-state index in [2.05, 4.69) is 53.5 Å². The summed E-state index contributed by atoms with van der Waals surface area (Å²) in [5.41, 5.74) is 4.69. The SMILES string of the molecule is Cc1cccc([C@@H]2c3cc(O[C@@H](C)C(=O)NCC4CC4)ccc3CCN2C(=O)C2CCCC2)c1. The summed E-state index contributed by atoms with van der Waals surface area (Å²) in [6.45, 7) is 5.37. The third-order valence-electron chi connectivity index (χ3n) is 7.63. The van der Waals surface area contributed by atoms with Gasteiger partial charge in [0, 0.05) is 19.0 Å². The molecule has 1 N–H and O–H groups in total. The molecule has 2 amide bonds. The summed E-state index contributed by atoms with van der Waals surface area (Å²) in [5.74, 6) is 1.68. The van der Waals surface area contributed by atoms with Crippen LogP contribution in [0.2, 0.25) is 0 Å². The molecule has 2 aliphatic carbocycles. The highest BCUT2D eigenvalue weighted by Gasteiger charge is 2.36. The quantitative estimate of drug-likeness (QED) is 0.636. The first kappa shape index (κ1) is 22.9. The average Bonchev–Trinajstić information content (AvgIpc) is 3.51. The van der Waals surface area contributed by atoms with Gasteiger partial charge in [-0.1, -0.05) is 48.7 Å². The Balaban J connectivity index is 1.42. The number of rotatable bonds is 7. The second-order valence-corrected chi connectivity index (χ2v) is 10.4. The number of carbonyl (C=O) groups is 2. The fourth-order valence-corrected chi connectivity index (χ4v) is 5.48. The minimum atomic E-state index is -0.561. The van der Waals surface area contributed by atoms with E-state index in [0.717, 1.165) is 56.3 Å². The van der Waals surface area contributed by atoms with E-state index < -0.39 is 6.10 Å². The number of amides is 2. The molecule has 0 saturated heterocycles. The third kappa shape index (κ3) is 4.98. The molecule has 1 heterocycles. The zero-order valence-corrected chi connectivity index (χ0v) is 20.4. The summed E-state index contributed by atoms with van der Waals surface area (Å²) in [6, 6.07) is 14.5. The second-order valence-electron chi connectivity index (χ2n) is 10.4. The molecular weight excluding hydrogens is 424 g/mol. The smallest absolute Gasteiger partial charge is 0.260 e. The van der Waals surface area contributed by atoms with Crippen LogP contribution in [0.4, 0.5) is 0 Å². The van der Waals surface area contributed by atoms with Gasteiger partial charge in [0.05, 0.1) is 6.04 Å². The number of hydrogen-bond donors (Lipinski definition) is 1. The van der Waals surface area contributed by atoms with E-state index in [4.69, 9.17) is 4.74 Å². The summed E-state index contributed by atoms with van der Waals surface area (Å²) in [6.07, 6.45) is 6.98. The number of fused-ring (bicyclic) bond motifs is 1. The van der Waals surface area contributed by atoms with Gasteiger partial charge in [0.1, 0.15) is 5.75 Å². The Kier molecular flexibility index (Phi) is 6.62. The number of nitrogens with zero attached hydrogens (tertiary/aromatic N) is 1. The summed E-state index contributed by atoms with van der Waals surface area (Å²) in [5, 5.41) is 3.00. The highest BCUT2D eigenvalue weighted by atomic mass is 16.5. The third-order valence-corrected chi connectivity index (χ3v) is 7.63. The topological polar surface area (TPSA) is 58.6 Å². The van der Waals surface area contributed by atoms with Crippen LogP contribution in [-0.2, 0) is 16.0 Å². The van der Waals surface area contributed by atoms with Gasteiger partial charge in [0.25, 0.3) is 5.91 Å². The molecule has 180 valence electrons. The maximum atomic E-state index is 13.6. The van der Waals surface area contributed by atoms with E-state index in [1.165, 1.54) is 24.0 Å². The van der Waals surface area contributed by atoms with E-state index >= 15 is 0 Å². The number of ether oxygens (including phenoxy) is 1. The number of benzene rings is 2. The van der Waals surface area contributed by atoms with Crippen molar-refractivity contribution in [2.75, 3.05) is 13.1 Å². The van der Waals surface area contributed by atoms with E-state index in [-0.39, 0.29) is 23.8 Å². The number of nitrogens with one attached hydrogen (secondary N) is 1. The van der Waals surface area contributed by atoms with Crippen LogP contribution in [0.3, 0.4) is 0 Å². The van der Waals surface area contributed by atoms with E-state index in [1.807, 2.05) is 6.07 Å². The lowest BCUT2D eigenvalue weighted by Crippen LogP contribution is -2.43. The minimum absolute atomic E-state index is 0.0714. The first-order chi connectivity index (χ1) is 16.5. The second kappa shape index (κ2) is 9.81. The zero-order chi connectivity index (χ0) is 23.7. The van der Waals surface area contributed by atoms with Crippen molar-refractivity contribution >= 4 is 11.8 Å². The number of hydrogen-bond acceptors (Lipinski definition) is 3. The zero-order valence-electron chi connectivity index (χ0n) is 20.4. The van der Waals surface area contributed by atoms with E-state index in [9.17, 15) is 9.59 Å². The Morgan fingerprint density at radius 1 is 1.09 bits per heavy atom. The first-order valence-electron chi connectivity index (χ1n) is 12.9. The average molecular weight is 461 g/mol. The van der Waals surface area contributed by atoms with Crippen molar-refractivity contribution in [3.8, 4) is 5.75 Å². The molecule has 5 heteroatoms. The van der Waals surface area contributed by atoms with Gasteiger partial charge in [-0.2, -0.15) is 0 Å². The van der Waals surface area contributed by atoms with Gasteiger partial charge in [-0.25, -0.2) is 0 Å². The van der Waals surface area contributed by atoms with Crippen LogP contribution < -0.4 is 10.1 Å². The van der Waals surface area contributed by atoms with Crippen LogP contribution in [0.15, 0.2) is 42.5 Å². The predicted octanol–water partition coefficient (Wildman–Crippen LogP) is 4.95. The fraction of sp³-hybridized carbons (Fsp3) is 0.517. The highest BCUT2D eigenvalue weighted by molar-refractivity contribution is 5.81. The van der Waals surface area contributed by atoms with Crippen LogP contribution in [0, 0.1) is 18.8 Å². The molecule has 0 unspecified atom stereocenters. The molecule has 2 fully saturated rings. The van der Waals surface area contributed by atoms with Crippen molar-refractivity contribution in [3.63, 3.8) is 0 Å². The van der Waals surface area contributed by atoms with Gasteiger partial charge in [0.15, 0.2) is 6.10 Å². The standard InChI is InChI=1S/C29H36N2O3/c1-19-6-5-9-24(16-19)27-26-17-25(34-20(2)28(32)30-18-21-10-11-21)13-12-22(26)14-15-31(27)29(33)23-7-3-4-8-23/h5-6,9,12-13,16-17,20-21,23,27H,3-4,7-8,10-11,14-15,18H2,1-2H3,(H,30,32)/t20-,27+/m0/s1.